The van der Waals surface area contributed by atoms with Crippen LogP contribution < -0.4 is 10.5 Å². The number of methoxy groups -OCH3 is 1. The van der Waals surface area contributed by atoms with E-state index in [1.165, 1.54) is 19.2 Å². The fourth-order valence-corrected chi connectivity index (χ4v) is 1.24. The summed E-state index contributed by atoms with van der Waals surface area (Å²) in [5, 5.41) is 19.5. The third-order valence-electron chi connectivity index (χ3n) is 1.92. The van der Waals surface area contributed by atoms with Gasteiger partial charge < -0.3 is 10.5 Å². The van der Waals surface area contributed by atoms with E-state index in [0.29, 0.717) is 5.75 Å². The number of hydrogen-bond acceptors (Lipinski definition) is 5. The molecule has 2 N–H and O–H groups in total. The van der Waals surface area contributed by atoms with Crippen molar-refractivity contribution >= 4 is 5.69 Å². The smallest absolute Gasteiger partial charge is 0.291 e. The number of nitro benzene ring substituents is 1. The number of benzene rings is 1. The van der Waals surface area contributed by atoms with Gasteiger partial charge in [-0.05, 0) is 6.07 Å². The predicted octanol–water partition coefficient (Wildman–Crippen LogP) is 0.934. The van der Waals surface area contributed by atoms with Crippen LogP contribution in [0.25, 0.3) is 0 Å². The molecule has 1 rings (SSSR count). The van der Waals surface area contributed by atoms with Gasteiger partial charge in [-0.15, -0.1) is 0 Å². The Hall–Kier alpha value is -2.13. The van der Waals surface area contributed by atoms with E-state index in [1.807, 2.05) is 0 Å². The highest BCUT2D eigenvalue weighted by Crippen LogP contribution is 2.28. The number of ether oxygens (including phenoxy) is 1. The molecule has 0 spiro atoms. The Morgan fingerprint density at radius 2 is 2.33 bits per heavy atom. The summed E-state index contributed by atoms with van der Waals surface area (Å²) < 4.78 is 4.90. The molecule has 0 aliphatic heterocycles. The average Bonchev–Trinajstić information content (AvgIpc) is 2.26. The first-order valence-corrected chi connectivity index (χ1v) is 4.09. The van der Waals surface area contributed by atoms with Crippen LogP contribution in [-0.4, -0.2) is 12.0 Å². The number of nitrogens with zero attached hydrogens (tertiary/aromatic N) is 2. The van der Waals surface area contributed by atoms with E-state index in [1.54, 1.807) is 6.07 Å². The minimum atomic E-state index is -0.611. The third kappa shape index (κ3) is 2.03. The van der Waals surface area contributed by atoms with Crippen molar-refractivity contribution in [3.8, 4) is 11.8 Å². The van der Waals surface area contributed by atoms with Gasteiger partial charge in [0.25, 0.3) is 5.69 Å². The summed E-state index contributed by atoms with van der Waals surface area (Å²) in [7, 11) is 1.42. The first-order valence-electron chi connectivity index (χ1n) is 4.09. The number of nitriles is 1. The predicted molar refractivity (Wildman–Crippen MR) is 52.3 cm³/mol. The summed E-state index contributed by atoms with van der Waals surface area (Å²) in [5.74, 6) is 0.387. The Balaban J connectivity index is 3.48. The van der Waals surface area contributed by atoms with Crippen molar-refractivity contribution in [3.63, 3.8) is 0 Å². The van der Waals surface area contributed by atoms with Crippen LogP contribution in [0.5, 0.6) is 5.75 Å². The molecule has 6 nitrogen and oxygen atoms in total. The number of nitrogens with two attached hydrogens (primary N) is 1. The highest BCUT2D eigenvalue weighted by molar-refractivity contribution is 5.57. The molecule has 78 valence electrons. The second-order valence-corrected chi connectivity index (χ2v) is 2.76. The van der Waals surface area contributed by atoms with Crippen molar-refractivity contribution < 1.29 is 9.66 Å². The molecule has 0 aromatic heterocycles. The Morgan fingerprint density at radius 3 is 2.73 bits per heavy atom. The van der Waals surface area contributed by atoms with Crippen LogP contribution in [0.2, 0.25) is 0 Å². The number of rotatable bonds is 3. The molecule has 1 aromatic rings. The minimum absolute atomic E-state index is 0.0117. The molecule has 0 saturated carbocycles. The lowest BCUT2D eigenvalue weighted by molar-refractivity contribution is -0.385. The van der Waals surface area contributed by atoms with Crippen LogP contribution in [0.15, 0.2) is 12.1 Å². The van der Waals surface area contributed by atoms with Gasteiger partial charge in [0.15, 0.2) is 0 Å². The topological polar surface area (TPSA) is 102 Å². The van der Waals surface area contributed by atoms with Crippen molar-refractivity contribution in [2.45, 2.75) is 6.54 Å². The Kier molecular flexibility index (Phi) is 3.21. The van der Waals surface area contributed by atoms with E-state index >= 15 is 0 Å². The maximum Gasteiger partial charge on any atom is 0.291 e. The first-order chi connectivity index (χ1) is 7.13. The molecule has 0 atom stereocenters. The van der Waals surface area contributed by atoms with Crippen LogP contribution in [0.3, 0.4) is 0 Å². The van der Waals surface area contributed by atoms with Crippen molar-refractivity contribution in [2.75, 3.05) is 7.11 Å². The van der Waals surface area contributed by atoms with Crippen molar-refractivity contribution in [1.82, 2.24) is 0 Å². The maximum absolute atomic E-state index is 10.7. The molecule has 15 heavy (non-hydrogen) atoms. The van der Waals surface area contributed by atoms with Gasteiger partial charge in [0.05, 0.1) is 12.0 Å². The summed E-state index contributed by atoms with van der Waals surface area (Å²) >= 11 is 0. The molecule has 0 bridgehead atoms. The zero-order valence-corrected chi connectivity index (χ0v) is 8.06. The van der Waals surface area contributed by atoms with Crippen molar-refractivity contribution in [1.29, 1.82) is 5.26 Å². The van der Waals surface area contributed by atoms with Crippen LogP contribution in [0, 0.1) is 21.4 Å². The van der Waals surface area contributed by atoms with Gasteiger partial charge in [-0.3, -0.25) is 10.1 Å². The van der Waals surface area contributed by atoms with Gasteiger partial charge in [0, 0.05) is 18.2 Å². The molecular formula is C9H9N3O3. The van der Waals surface area contributed by atoms with Crippen LogP contribution >= 0.6 is 0 Å². The Bertz CT molecular complexity index is 437. The monoisotopic (exact) mass is 207 g/mol. The summed E-state index contributed by atoms with van der Waals surface area (Å²) in [6.45, 7) is -0.0117. The zero-order valence-electron chi connectivity index (χ0n) is 8.06. The lowest BCUT2D eigenvalue weighted by atomic mass is 10.1. The fourth-order valence-electron chi connectivity index (χ4n) is 1.24. The average molecular weight is 207 g/mol. The Labute approximate surface area is 86.0 Å². The zero-order chi connectivity index (χ0) is 11.4. The summed E-state index contributed by atoms with van der Waals surface area (Å²) in [6, 6.07) is 4.52. The summed E-state index contributed by atoms with van der Waals surface area (Å²) in [6.07, 6.45) is 0. The lowest BCUT2D eigenvalue weighted by Gasteiger charge is -2.05. The third-order valence-corrected chi connectivity index (χ3v) is 1.92. The quantitative estimate of drug-likeness (QED) is 0.586. The van der Waals surface area contributed by atoms with E-state index in [4.69, 9.17) is 15.7 Å². The second kappa shape index (κ2) is 4.39. The molecule has 0 fully saturated rings. The first kappa shape index (κ1) is 10.9. The van der Waals surface area contributed by atoms with Gasteiger partial charge >= 0.3 is 0 Å². The van der Waals surface area contributed by atoms with Crippen molar-refractivity contribution in [2.24, 2.45) is 5.73 Å². The SMILES string of the molecule is COc1cc(C#N)c([N+](=O)[O-])c(CN)c1. The molecule has 1 aromatic carbocycles. The second-order valence-electron chi connectivity index (χ2n) is 2.76. The molecule has 0 saturated heterocycles. The van der Waals surface area contributed by atoms with Gasteiger partial charge in [-0.1, -0.05) is 0 Å². The van der Waals surface area contributed by atoms with E-state index < -0.39 is 4.92 Å². The van der Waals surface area contributed by atoms with Gasteiger partial charge in [-0.25, -0.2) is 0 Å². The molecule has 0 radical (unpaired) electrons. The molecule has 0 amide bonds. The van der Waals surface area contributed by atoms with Crippen LogP contribution in [0.1, 0.15) is 11.1 Å². The molecule has 0 heterocycles. The van der Waals surface area contributed by atoms with E-state index in [2.05, 4.69) is 0 Å². The van der Waals surface area contributed by atoms with Gasteiger partial charge in [-0.2, -0.15) is 5.26 Å². The van der Waals surface area contributed by atoms with E-state index in [9.17, 15) is 10.1 Å². The molecule has 0 unspecified atom stereocenters. The van der Waals surface area contributed by atoms with Crippen LogP contribution in [-0.2, 0) is 6.54 Å². The summed E-state index contributed by atoms with van der Waals surface area (Å²) in [5.41, 5.74) is 5.36. The van der Waals surface area contributed by atoms with Gasteiger partial charge in [0.1, 0.15) is 17.4 Å². The number of hydrogen-bond donors (Lipinski definition) is 1. The molecule has 0 aliphatic rings. The normalized spacial score (nSPS) is 9.40. The Morgan fingerprint density at radius 1 is 1.67 bits per heavy atom. The van der Waals surface area contributed by atoms with Crippen molar-refractivity contribution in [3.05, 3.63) is 33.4 Å². The summed E-state index contributed by atoms with van der Waals surface area (Å²) in [4.78, 5) is 10.1. The van der Waals surface area contributed by atoms with E-state index in [-0.39, 0.29) is 23.4 Å². The standard InChI is InChI=1S/C9H9N3O3/c1-15-8-2-6(4-10)9(12(13)14)7(3-8)5-11/h2-3H,4,10H2,1H3. The highest BCUT2D eigenvalue weighted by Gasteiger charge is 2.20. The fraction of sp³-hybridized carbons (Fsp3) is 0.222. The van der Waals surface area contributed by atoms with Crippen LogP contribution in [0.4, 0.5) is 5.69 Å². The lowest BCUT2D eigenvalue weighted by Crippen LogP contribution is -2.04. The molecule has 0 aliphatic carbocycles. The number of nitro groups is 1. The van der Waals surface area contributed by atoms with E-state index in [0.717, 1.165) is 0 Å². The largest absolute Gasteiger partial charge is 0.497 e. The molecular weight excluding hydrogens is 198 g/mol. The highest BCUT2D eigenvalue weighted by atomic mass is 16.6. The van der Waals surface area contributed by atoms with Gasteiger partial charge in [0.2, 0.25) is 0 Å². The molecule has 6 heteroatoms. The maximum atomic E-state index is 10.7. The minimum Gasteiger partial charge on any atom is -0.497 e.